The molecule has 0 bridgehead atoms. The summed E-state index contributed by atoms with van der Waals surface area (Å²) in [5.41, 5.74) is -0.856. The zero-order valence-corrected chi connectivity index (χ0v) is 13.4. The fraction of sp³-hybridized carbons (Fsp3) is 0.875. The third-order valence-corrected chi connectivity index (χ3v) is 5.56. The Labute approximate surface area is 126 Å². The van der Waals surface area contributed by atoms with E-state index in [1.807, 2.05) is 20.8 Å². The van der Waals surface area contributed by atoms with Gasteiger partial charge in [-0.3, -0.25) is 9.59 Å². The lowest BCUT2D eigenvalue weighted by atomic mass is 9.71. The zero-order chi connectivity index (χ0) is 15.8. The summed E-state index contributed by atoms with van der Waals surface area (Å²) in [7, 11) is 0. The van der Waals surface area contributed by atoms with Gasteiger partial charge in [-0.2, -0.15) is 0 Å². The molecule has 6 atom stereocenters. The number of carboxylic acid groups (broad SMARTS) is 1. The normalized spacial score (nSPS) is 43.5. The second kappa shape index (κ2) is 5.95. The largest absolute Gasteiger partial charge is 0.481 e. The molecule has 2 N–H and O–H groups in total. The molecule has 1 aliphatic carbocycles. The van der Waals surface area contributed by atoms with Crippen LogP contribution in [0.2, 0.25) is 0 Å². The molecule has 0 radical (unpaired) electrons. The third-order valence-electron chi connectivity index (χ3n) is 5.56. The van der Waals surface area contributed by atoms with Crippen molar-refractivity contribution in [3.05, 3.63) is 0 Å². The fourth-order valence-corrected chi connectivity index (χ4v) is 3.81. The van der Waals surface area contributed by atoms with Crippen LogP contribution in [0.1, 0.15) is 53.4 Å². The predicted octanol–water partition coefficient (Wildman–Crippen LogP) is 2.20. The van der Waals surface area contributed by atoms with Crippen LogP contribution in [0.4, 0.5) is 0 Å². The number of carbonyl (C=O) groups is 2. The molecule has 6 unspecified atom stereocenters. The Balaban J connectivity index is 2.09. The summed E-state index contributed by atoms with van der Waals surface area (Å²) in [4.78, 5) is 24.2. The van der Waals surface area contributed by atoms with E-state index in [1.54, 1.807) is 6.92 Å². The average molecular weight is 297 g/mol. The fourth-order valence-electron chi connectivity index (χ4n) is 3.81. The standard InChI is InChI=1S/C16H27NO4/c1-9-10(2)21-11(3)13(9)14(18)17-12-7-5-6-8-16(12,4)15(19)20/h9-13H,5-8H2,1-4H3,(H,17,18)(H,19,20). The minimum absolute atomic E-state index is 0.0567. The summed E-state index contributed by atoms with van der Waals surface area (Å²) < 4.78 is 5.72. The van der Waals surface area contributed by atoms with Crippen molar-refractivity contribution >= 4 is 11.9 Å². The van der Waals surface area contributed by atoms with E-state index < -0.39 is 11.4 Å². The molecule has 2 aliphatic rings. The van der Waals surface area contributed by atoms with Crippen LogP contribution < -0.4 is 5.32 Å². The van der Waals surface area contributed by atoms with Crippen molar-refractivity contribution in [2.45, 2.75) is 71.6 Å². The highest BCUT2D eigenvalue weighted by atomic mass is 16.5. The molecular formula is C16H27NO4. The maximum atomic E-state index is 12.6. The lowest BCUT2D eigenvalue weighted by Crippen LogP contribution is -2.54. The number of hydrogen-bond acceptors (Lipinski definition) is 3. The number of carbonyl (C=O) groups excluding carboxylic acids is 1. The van der Waals surface area contributed by atoms with Crippen LogP contribution >= 0.6 is 0 Å². The summed E-state index contributed by atoms with van der Waals surface area (Å²) in [5, 5.41) is 12.5. The second-order valence-corrected chi connectivity index (χ2v) is 6.96. The SMILES string of the molecule is CC1OC(C)C(C(=O)NC2CCCCC2(C)C(=O)O)C1C. The first-order chi connectivity index (χ1) is 9.77. The van der Waals surface area contributed by atoms with E-state index in [1.165, 1.54) is 0 Å². The smallest absolute Gasteiger partial charge is 0.311 e. The van der Waals surface area contributed by atoms with Crippen LogP contribution in [-0.2, 0) is 14.3 Å². The van der Waals surface area contributed by atoms with Crippen molar-refractivity contribution in [3.63, 3.8) is 0 Å². The van der Waals surface area contributed by atoms with Gasteiger partial charge in [-0.15, -0.1) is 0 Å². The molecule has 1 heterocycles. The van der Waals surface area contributed by atoms with Crippen molar-refractivity contribution in [1.29, 1.82) is 0 Å². The maximum absolute atomic E-state index is 12.6. The first kappa shape index (κ1) is 16.3. The molecular weight excluding hydrogens is 270 g/mol. The molecule has 120 valence electrons. The van der Waals surface area contributed by atoms with Gasteiger partial charge in [0.25, 0.3) is 0 Å². The van der Waals surface area contributed by atoms with Crippen molar-refractivity contribution in [2.24, 2.45) is 17.3 Å². The number of aliphatic carboxylic acids is 1. The average Bonchev–Trinajstić information content (AvgIpc) is 2.66. The van der Waals surface area contributed by atoms with Crippen molar-refractivity contribution in [3.8, 4) is 0 Å². The molecule has 0 aromatic carbocycles. The summed E-state index contributed by atoms with van der Waals surface area (Å²) in [6, 6.07) is -0.286. The zero-order valence-electron chi connectivity index (χ0n) is 13.4. The Hall–Kier alpha value is -1.10. The number of rotatable bonds is 3. The first-order valence-electron chi connectivity index (χ1n) is 7.96. The van der Waals surface area contributed by atoms with Crippen molar-refractivity contribution in [2.75, 3.05) is 0 Å². The molecule has 5 nitrogen and oxygen atoms in total. The Bertz CT molecular complexity index is 425. The summed E-state index contributed by atoms with van der Waals surface area (Å²) in [6.45, 7) is 7.67. The van der Waals surface area contributed by atoms with Gasteiger partial charge in [-0.05, 0) is 39.5 Å². The number of hydrogen-bond donors (Lipinski definition) is 2. The Morgan fingerprint density at radius 3 is 2.38 bits per heavy atom. The van der Waals surface area contributed by atoms with E-state index in [4.69, 9.17) is 4.74 Å². The van der Waals surface area contributed by atoms with E-state index in [9.17, 15) is 14.7 Å². The highest BCUT2D eigenvalue weighted by Crippen LogP contribution is 2.38. The van der Waals surface area contributed by atoms with Crippen molar-refractivity contribution in [1.82, 2.24) is 5.32 Å². The Morgan fingerprint density at radius 2 is 1.86 bits per heavy atom. The molecule has 1 saturated heterocycles. The molecule has 1 aliphatic heterocycles. The van der Waals surface area contributed by atoms with Gasteiger partial charge in [0.2, 0.25) is 5.91 Å². The number of ether oxygens (including phenoxy) is 1. The van der Waals surface area contributed by atoms with Gasteiger partial charge >= 0.3 is 5.97 Å². The molecule has 1 amide bonds. The van der Waals surface area contributed by atoms with Crippen molar-refractivity contribution < 1.29 is 19.4 Å². The van der Waals surface area contributed by atoms with Crippen LogP contribution in [0, 0.1) is 17.3 Å². The Morgan fingerprint density at radius 1 is 1.19 bits per heavy atom. The molecule has 2 fully saturated rings. The predicted molar refractivity (Wildman–Crippen MR) is 78.8 cm³/mol. The van der Waals surface area contributed by atoms with Crippen LogP contribution in [0.15, 0.2) is 0 Å². The number of nitrogens with one attached hydrogen (secondary N) is 1. The van der Waals surface area contributed by atoms with E-state index >= 15 is 0 Å². The lowest BCUT2D eigenvalue weighted by Gasteiger charge is -2.39. The monoisotopic (exact) mass is 297 g/mol. The highest BCUT2D eigenvalue weighted by molar-refractivity contribution is 5.82. The minimum Gasteiger partial charge on any atom is -0.481 e. The molecule has 5 heteroatoms. The lowest BCUT2D eigenvalue weighted by molar-refractivity contribution is -0.152. The van der Waals surface area contributed by atoms with Crippen LogP contribution in [0.5, 0.6) is 0 Å². The number of carboxylic acids is 1. The van der Waals surface area contributed by atoms with E-state index in [0.29, 0.717) is 6.42 Å². The maximum Gasteiger partial charge on any atom is 0.311 e. The van der Waals surface area contributed by atoms with Gasteiger partial charge < -0.3 is 15.2 Å². The van der Waals surface area contributed by atoms with Crippen LogP contribution in [0.3, 0.4) is 0 Å². The molecule has 1 saturated carbocycles. The quantitative estimate of drug-likeness (QED) is 0.837. The van der Waals surface area contributed by atoms with Crippen LogP contribution in [0.25, 0.3) is 0 Å². The Kier molecular flexibility index (Phi) is 4.61. The molecule has 0 spiro atoms. The van der Waals surface area contributed by atoms with Crippen LogP contribution in [-0.4, -0.2) is 35.2 Å². The van der Waals surface area contributed by atoms with E-state index in [2.05, 4.69) is 5.32 Å². The first-order valence-corrected chi connectivity index (χ1v) is 7.96. The summed E-state index contributed by atoms with van der Waals surface area (Å²) in [6.07, 6.45) is 3.18. The molecule has 21 heavy (non-hydrogen) atoms. The molecule has 0 aromatic heterocycles. The second-order valence-electron chi connectivity index (χ2n) is 6.96. The van der Waals surface area contributed by atoms with Gasteiger partial charge in [-0.1, -0.05) is 19.8 Å². The molecule has 0 aromatic rings. The van der Waals surface area contributed by atoms with Gasteiger partial charge in [0.05, 0.1) is 23.5 Å². The van der Waals surface area contributed by atoms with Gasteiger partial charge in [-0.25, -0.2) is 0 Å². The summed E-state index contributed by atoms with van der Waals surface area (Å²) >= 11 is 0. The van der Waals surface area contributed by atoms with Gasteiger partial charge in [0, 0.05) is 6.04 Å². The summed E-state index contributed by atoms with van der Waals surface area (Å²) in [5.74, 6) is -0.914. The minimum atomic E-state index is -0.856. The molecule has 2 rings (SSSR count). The number of amides is 1. The van der Waals surface area contributed by atoms with Gasteiger partial charge in [0.1, 0.15) is 0 Å². The van der Waals surface area contributed by atoms with E-state index in [0.717, 1.165) is 19.3 Å². The van der Waals surface area contributed by atoms with Gasteiger partial charge in [0.15, 0.2) is 0 Å². The topological polar surface area (TPSA) is 75.6 Å². The highest BCUT2D eigenvalue weighted by Gasteiger charge is 2.47. The third kappa shape index (κ3) is 2.93. The van der Waals surface area contributed by atoms with E-state index in [-0.39, 0.29) is 36.0 Å².